The summed E-state index contributed by atoms with van der Waals surface area (Å²) in [6, 6.07) is 14.7. The summed E-state index contributed by atoms with van der Waals surface area (Å²) in [5.74, 6) is -1.85. The Balaban J connectivity index is 1.82. The Hall–Kier alpha value is -3.68. The fourth-order valence-corrected chi connectivity index (χ4v) is 3.55. The van der Waals surface area contributed by atoms with Gasteiger partial charge in [-0.25, -0.2) is 4.90 Å². The third kappa shape index (κ3) is 5.51. The highest BCUT2D eigenvalue weighted by molar-refractivity contribution is 6.23. The molecule has 3 rings (SSSR count). The number of imide groups is 1. The van der Waals surface area contributed by atoms with E-state index in [2.05, 4.69) is 0 Å². The molecule has 168 valence electrons. The van der Waals surface area contributed by atoms with Gasteiger partial charge in [0.15, 0.2) is 0 Å². The Labute approximate surface area is 186 Å². The summed E-state index contributed by atoms with van der Waals surface area (Å²) in [5.41, 5.74) is 1.19. The Bertz CT molecular complexity index is 974. The summed E-state index contributed by atoms with van der Waals surface area (Å²) in [7, 11) is 0. The molecule has 0 aliphatic carbocycles. The number of carboxylic acid groups (broad SMARTS) is 1. The van der Waals surface area contributed by atoms with Gasteiger partial charge in [0.05, 0.1) is 25.1 Å². The zero-order valence-corrected chi connectivity index (χ0v) is 17.9. The van der Waals surface area contributed by atoms with Crippen molar-refractivity contribution in [3.8, 4) is 5.75 Å². The number of ether oxygens (including phenoxy) is 1. The number of hydrogen-bond acceptors (Lipinski definition) is 5. The van der Waals surface area contributed by atoms with Crippen LogP contribution in [0.15, 0.2) is 54.6 Å². The van der Waals surface area contributed by atoms with Crippen molar-refractivity contribution in [3.05, 3.63) is 60.2 Å². The molecule has 0 unspecified atom stereocenters. The van der Waals surface area contributed by atoms with Crippen LogP contribution in [0.3, 0.4) is 0 Å². The number of carboxylic acids is 1. The maximum absolute atomic E-state index is 13.2. The summed E-state index contributed by atoms with van der Waals surface area (Å²) >= 11 is 0. The van der Waals surface area contributed by atoms with Crippen LogP contribution in [0, 0.1) is 0 Å². The molecule has 0 radical (unpaired) electrons. The van der Waals surface area contributed by atoms with E-state index in [0.29, 0.717) is 18.0 Å². The lowest BCUT2D eigenvalue weighted by Gasteiger charge is -2.28. The van der Waals surface area contributed by atoms with Crippen molar-refractivity contribution in [1.29, 1.82) is 0 Å². The second-order valence-electron chi connectivity index (χ2n) is 7.53. The van der Waals surface area contributed by atoms with Crippen LogP contribution in [0.4, 0.5) is 5.69 Å². The van der Waals surface area contributed by atoms with Crippen molar-refractivity contribution in [3.63, 3.8) is 0 Å². The normalized spacial score (nSPS) is 15.7. The lowest BCUT2D eigenvalue weighted by Crippen LogP contribution is -2.45. The van der Waals surface area contributed by atoms with Gasteiger partial charge in [-0.05, 0) is 36.2 Å². The van der Waals surface area contributed by atoms with Gasteiger partial charge in [0.1, 0.15) is 11.8 Å². The topological polar surface area (TPSA) is 104 Å². The van der Waals surface area contributed by atoms with Crippen molar-refractivity contribution in [2.24, 2.45) is 0 Å². The van der Waals surface area contributed by atoms with Crippen LogP contribution in [-0.2, 0) is 25.7 Å². The second kappa shape index (κ2) is 10.6. The molecule has 8 heteroatoms. The maximum atomic E-state index is 13.2. The molecule has 3 amide bonds. The van der Waals surface area contributed by atoms with Gasteiger partial charge in [0.2, 0.25) is 11.8 Å². The van der Waals surface area contributed by atoms with Crippen molar-refractivity contribution >= 4 is 29.4 Å². The van der Waals surface area contributed by atoms with Gasteiger partial charge in [-0.2, -0.15) is 0 Å². The van der Waals surface area contributed by atoms with Crippen molar-refractivity contribution in [2.75, 3.05) is 11.5 Å². The highest BCUT2D eigenvalue weighted by atomic mass is 16.5. The molecule has 0 aromatic heterocycles. The Morgan fingerprint density at radius 3 is 2.38 bits per heavy atom. The highest BCUT2D eigenvalue weighted by Gasteiger charge is 2.44. The largest absolute Gasteiger partial charge is 0.494 e. The first-order valence-electron chi connectivity index (χ1n) is 10.6. The first-order valence-corrected chi connectivity index (χ1v) is 10.6. The number of nitrogens with zero attached hydrogens (tertiary/aromatic N) is 2. The van der Waals surface area contributed by atoms with Crippen LogP contribution in [0.1, 0.15) is 38.2 Å². The van der Waals surface area contributed by atoms with E-state index in [0.717, 1.165) is 16.9 Å². The quantitative estimate of drug-likeness (QED) is 0.572. The van der Waals surface area contributed by atoms with Gasteiger partial charge in [0.25, 0.3) is 5.91 Å². The number of amides is 3. The number of hydrogen-bond donors (Lipinski definition) is 1. The molecule has 1 atom stereocenters. The van der Waals surface area contributed by atoms with Crippen LogP contribution in [0.5, 0.6) is 5.75 Å². The van der Waals surface area contributed by atoms with Gasteiger partial charge in [-0.1, -0.05) is 37.3 Å². The smallest absolute Gasteiger partial charge is 0.303 e. The third-order valence-electron chi connectivity index (χ3n) is 5.14. The Kier molecular flexibility index (Phi) is 7.59. The molecule has 1 aliphatic rings. The van der Waals surface area contributed by atoms with Gasteiger partial charge in [0, 0.05) is 13.0 Å². The molecule has 1 heterocycles. The van der Waals surface area contributed by atoms with E-state index in [1.807, 2.05) is 37.3 Å². The monoisotopic (exact) mass is 438 g/mol. The zero-order valence-electron chi connectivity index (χ0n) is 17.9. The standard InChI is InChI=1S/C24H26N2O6/c1-2-14-32-19-10-8-18(9-11-19)26-22(28)15-20(24(26)31)25(21(27)12-13-23(29)30)16-17-6-4-3-5-7-17/h3-11,20H,2,12-16H2,1H3,(H,29,30)/t20-/m0/s1. The van der Waals surface area contributed by atoms with Crippen LogP contribution in [0.25, 0.3) is 0 Å². The van der Waals surface area contributed by atoms with Crippen LogP contribution in [-0.4, -0.2) is 46.3 Å². The number of carbonyl (C=O) groups excluding carboxylic acids is 3. The zero-order chi connectivity index (χ0) is 23.1. The van der Waals surface area contributed by atoms with Crippen LogP contribution in [0.2, 0.25) is 0 Å². The minimum Gasteiger partial charge on any atom is -0.494 e. The molecular formula is C24H26N2O6. The third-order valence-corrected chi connectivity index (χ3v) is 5.14. The molecule has 1 fully saturated rings. The average molecular weight is 438 g/mol. The highest BCUT2D eigenvalue weighted by Crippen LogP contribution is 2.28. The van der Waals surface area contributed by atoms with E-state index in [-0.39, 0.29) is 25.8 Å². The molecule has 1 aliphatic heterocycles. The van der Waals surface area contributed by atoms with E-state index >= 15 is 0 Å². The molecular weight excluding hydrogens is 412 g/mol. The van der Waals surface area contributed by atoms with E-state index < -0.39 is 29.7 Å². The fourth-order valence-electron chi connectivity index (χ4n) is 3.55. The molecule has 0 bridgehead atoms. The molecule has 8 nitrogen and oxygen atoms in total. The van der Waals surface area contributed by atoms with E-state index in [1.165, 1.54) is 4.90 Å². The molecule has 0 saturated carbocycles. The molecule has 0 spiro atoms. The lowest BCUT2D eigenvalue weighted by atomic mass is 10.1. The molecule has 2 aromatic rings. The minimum atomic E-state index is -1.10. The lowest BCUT2D eigenvalue weighted by molar-refractivity contribution is -0.143. The van der Waals surface area contributed by atoms with Gasteiger partial charge < -0.3 is 14.7 Å². The predicted molar refractivity (Wildman–Crippen MR) is 117 cm³/mol. The Morgan fingerprint density at radius 2 is 1.75 bits per heavy atom. The molecule has 2 aromatic carbocycles. The SMILES string of the molecule is CCCOc1ccc(N2C(=O)C[C@H](N(Cc3ccccc3)C(=O)CCC(=O)O)C2=O)cc1. The second-order valence-corrected chi connectivity index (χ2v) is 7.53. The summed E-state index contributed by atoms with van der Waals surface area (Å²) in [6.07, 6.45) is 0.115. The fraction of sp³-hybridized carbons (Fsp3) is 0.333. The molecule has 1 N–H and O–H groups in total. The van der Waals surface area contributed by atoms with E-state index in [4.69, 9.17) is 9.84 Å². The van der Waals surface area contributed by atoms with E-state index in [1.54, 1.807) is 24.3 Å². The minimum absolute atomic E-state index is 0.112. The number of carbonyl (C=O) groups is 4. The number of aliphatic carboxylic acids is 1. The van der Waals surface area contributed by atoms with Crippen LogP contribution < -0.4 is 9.64 Å². The maximum Gasteiger partial charge on any atom is 0.303 e. The number of benzene rings is 2. The van der Waals surface area contributed by atoms with Crippen molar-refractivity contribution < 1.29 is 29.0 Å². The van der Waals surface area contributed by atoms with Gasteiger partial charge >= 0.3 is 5.97 Å². The Morgan fingerprint density at radius 1 is 1.06 bits per heavy atom. The predicted octanol–water partition coefficient (Wildman–Crippen LogP) is 3.00. The van der Waals surface area contributed by atoms with Gasteiger partial charge in [-0.15, -0.1) is 0 Å². The summed E-state index contributed by atoms with van der Waals surface area (Å²) in [6.45, 7) is 2.67. The van der Waals surface area contributed by atoms with Crippen molar-refractivity contribution in [1.82, 2.24) is 4.90 Å². The first kappa shape index (κ1) is 23.0. The van der Waals surface area contributed by atoms with E-state index in [9.17, 15) is 19.2 Å². The van der Waals surface area contributed by atoms with Crippen LogP contribution >= 0.6 is 0 Å². The summed E-state index contributed by atoms with van der Waals surface area (Å²) in [5, 5.41) is 8.95. The summed E-state index contributed by atoms with van der Waals surface area (Å²) in [4.78, 5) is 52.1. The number of anilines is 1. The van der Waals surface area contributed by atoms with Gasteiger partial charge in [-0.3, -0.25) is 19.2 Å². The average Bonchev–Trinajstić information content (AvgIpc) is 3.09. The summed E-state index contributed by atoms with van der Waals surface area (Å²) < 4.78 is 5.54. The first-order chi connectivity index (χ1) is 15.4. The molecule has 1 saturated heterocycles. The molecule has 32 heavy (non-hydrogen) atoms. The van der Waals surface area contributed by atoms with Crippen molar-refractivity contribution in [2.45, 2.75) is 45.2 Å². The number of rotatable bonds is 10.